The molecular formula is C20H31BrFNSi. The van der Waals surface area contributed by atoms with Crippen molar-refractivity contribution in [1.29, 1.82) is 0 Å². The zero-order valence-corrected chi connectivity index (χ0v) is 18.8. The standard InChI is InChI=1S/C20H31BrFNSi/c1-12(2)16-11-23(18-10-9-17(21)20(22)19(16)18)24(13(3)4,14(5)6)15(7)8/h9-15H,1-8H3. The van der Waals surface area contributed by atoms with Crippen LogP contribution in [0.3, 0.4) is 0 Å². The van der Waals surface area contributed by atoms with E-state index in [9.17, 15) is 4.39 Å². The Hall–Kier alpha value is -0.613. The third-order valence-corrected chi connectivity index (χ3v) is 13.1. The fourth-order valence-electron chi connectivity index (χ4n) is 4.88. The lowest BCUT2D eigenvalue weighted by Crippen LogP contribution is -2.51. The molecule has 2 rings (SSSR count). The molecule has 0 spiro atoms. The topological polar surface area (TPSA) is 4.93 Å². The largest absolute Gasteiger partial charge is 0.373 e. The Balaban J connectivity index is 2.97. The molecule has 0 amide bonds. The zero-order chi connectivity index (χ0) is 18.4. The summed E-state index contributed by atoms with van der Waals surface area (Å²) < 4.78 is 18.1. The molecule has 4 heteroatoms. The molecule has 1 aromatic carbocycles. The summed E-state index contributed by atoms with van der Waals surface area (Å²) in [6, 6.07) is 3.96. The van der Waals surface area contributed by atoms with Crippen LogP contribution in [-0.2, 0) is 0 Å². The van der Waals surface area contributed by atoms with E-state index in [0.717, 1.165) is 16.5 Å². The molecule has 0 N–H and O–H groups in total. The number of hydrogen-bond acceptors (Lipinski definition) is 0. The van der Waals surface area contributed by atoms with Crippen molar-refractivity contribution in [1.82, 2.24) is 4.23 Å². The maximum atomic E-state index is 15.0. The van der Waals surface area contributed by atoms with Gasteiger partial charge in [0.1, 0.15) is 5.82 Å². The number of hydrogen-bond donors (Lipinski definition) is 0. The monoisotopic (exact) mass is 411 g/mol. The normalized spacial score (nSPS) is 13.2. The molecule has 1 heterocycles. The van der Waals surface area contributed by atoms with Crippen LogP contribution >= 0.6 is 15.9 Å². The fraction of sp³-hybridized carbons (Fsp3) is 0.600. The highest BCUT2D eigenvalue weighted by molar-refractivity contribution is 9.10. The van der Waals surface area contributed by atoms with Crippen molar-refractivity contribution in [2.75, 3.05) is 0 Å². The van der Waals surface area contributed by atoms with Gasteiger partial charge < -0.3 is 4.23 Å². The molecule has 0 saturated carbocycles. The van der Waals surface area contributed by atoms with Crippen molar-refractivity contribution in [3.8, 4) is 0 Å². The molecule has 0 saturated heterocycles. The number of rotatable bonds is 5. The Morgan fingerprint density at radius 2 is 1.42 bits per heavy atom. The summed E-state index contributed by atoms with van der Waals surface area (Å²) in [5.74, 6) is 0.185. The van der Waals surface area contributed by atoms with Gasteiger partial charge in [0.2, 0.25) is 0 Å². The highest BCUT2D eigenvalue weighted by atomic mass is 79.9. The van der Waals surface area contributed by atoms with Crippen molar-refractivity contribution in [2.24, 2.45) is 0 Å². The Morgan fingerprint density at radius 3 is 1.83 bits per heavy atom. The van der Waals surface area contributed by atoms with E-state index in [1.54, 1.807) is 0 Å². The van der Waals surface area contributed by atoms with E-state index in [-0.39, 0.29) is 5.82 Å². The molecule has 1 nitrogen and oxygen atoms in total. The highest BCUT2D eigenvalue weighted by Crippen LogP contribution is 2.46. The summed E-state index contributed by atoms with van der Waals surface area (Å²) in [5, 5.41) is 0.804. The van der Waals surface area contributed by atoms with Crippen LogP contribution in [0.15, 0.2) is 22.8 Å². The minimum Gasteiger partial charge on any atom is -0.373 e. The highest BCUT2D eigenvalue weighted by Gasteiger charge is 2.46. The molecule has 0 aliphatic heterocycles. The number of fused-ring (bicyclic) bond motifs is 1. The van der Waals surface area contributed by atoms with Gasteiger partial charge in [-0.2, -0.15) is 0 Å². The Morgan fingerprint density at radius 1 is 0.917 bits per heavy atom. The number of aromatic nitrogens is 1. The first-order chi connectivity index (χ1) is 11.1. The van der Waals surface area contributed by atoms with Gasteiger partial charge in [-0.3, -0.25) is 0 Å². The molecule has 24 heavy (non-hydrogen) atoms. The summed E-state index contributed by atoms with van der Waals surface area (Å²) in [4.78, 5) is 0. The van der Waals surface area contributed by atoms with Crippen molar-refractivity contribution in [3.05, 3.63) is 34.2 Å². The third-order valence-electron chi connectivity index (χ3n) is 5.70. The van der Waals surface area contributed by atoms with Crippen LogP contribution in [0.4, 0.5) is 4.39 Å². The zero-order valence-electron chi connectivity index (χ0n) is 16.2. The minimum absolute atomic E-state index is 0.117. The minimum atomic E-state index is -1.90. The van der Waals surface area contributed by atoms with Crippen LogP contribution in [0.2, 0.25) is 16.6 Å². The lowest BCUT2D eigenvalue weighted by atomic mass is 10.0. The smallest absolute Gasteiger partial charge is 0.169 e. The lowest BCUT2D eigenvalue weighted by molar-refractivity contribution is 0.631. The Bertz CT molecular complexity index is 709. The third kappa shape index (κ3) is 2.80. The number of halogens is 2. The molecule has 0 bridgehead atoms. The van der Waals surface area contributed by atoms with Crippen molar-refractivity contribution >= 4 is 35.1 Å². The first kappa shape index (κ1) is 19.7. The summed E-state index contributed by atoms with van der Waals surface area (Å²) in [6.45, 7) is 18.4. The van der Waals surface area contributed by atoms with E-state index in [1.165, 1.54) is 0 Å². The predicted molar refractivity (Wildman–Crippen MR) is 110 cm³/mol. The van der Waals surface area contributed by atoms with E-state index in [1.807, 2.05) is 6.07 Å². The van der Waals surface area contributed by atoms with E-state index in [4.69, 9.17) is 0 Å². The van der Waals surface area contributed by atoms with Crippen LogP contribution in [0.5, 0.6) is 0 Å². The number of benzene rings is 1. The van der Waals surface area contributed by atoms with Gasteiger partial charge in [0.05, 0.1) is 4.47 Å². The average Bonchev–Trinajstić information content (AvgIpc) is 2.83. The molecule has 0 aliphatic rings. The van der Waals surface area contributed by atoms with E-state index < -0.39 is 8.24 Å². The first-order valence-electron chi connectivity index (χ1n) is 9.06. The lowest BCUT2D eigenvalue weighted by Gasteiger charge is -2.44. The van der Waals surface area contributed by atoms with Gasteiger partial charge in [-0.1, -0.05) is 55.4 Å². The molecular weight excluding hydrogens is 381 g/mol. The van der Waals surface area contributed by atoms with Crippen molar-refractivity contribution in [2.45, 2.75) is 77.9 Å². The second-order valence-electron chi connectivity index (χ2n) is 8.22. The summed E-state index contributed by atoms with van der Waals surface area (Å²) >= 11 is 3.37. The van der Waals surface area contributed by atoms with Gasteiger partial charge in [0.15, 0.2) is 8.24 Å². The maximum absolute atomic E-state index is 15.0. The van der Waals surface area contributed by atoms with Crippen molar-refractivity contribution < 1.29 is 4.39 Å². The van der Waals surface area contributed by atoms with Crippen LogP contribution < -0.4 is 0 Å². The quantitative estimate of drug-likeness (QED) is 0.444. The Labute approximate surface area is 155 Å². The van der Waals surface area contributed by atoms with Crippen LogP contribution in [0, 0.1) is 5.82 Å². The summed E-state index contributed by atoms with van der Waals surface area (Å²) in [7, 11) is -1.90. The van der Waals surface area contributed by atoms with Gasteiger partial charge in [-0.15, -0.1) is 0 Å². The molecule has 1 aromatic heterocycles. The van der Waals surface area contributed by atoms with Gasteiger partial charge in [0, 0.05) is 10.9 Å². The predicted octanol–water partition coefficient (Wildman–Crippen LogP) is 7.69. The second kappa shape index (κ2) is 6.95. The molecule has 0 radical (unpaired) electrons. The fourth-order valence-corrected chi connectivity index (χ4v) is 11.8. The van der Waals surface area contributed by atoms with E-state index in [0.29, 0.717) is 27.0 Å². The Kier molecular flexibility index (Phi) is 5.71. The molecule has 134 valence electrons. The SMILES string of the molecule is CC(C)c1cn([Si](C(C)C)(C(C)C)C(C)C)c2ccc(Br)c(F)c12. The van der Waals surface area contributed by atoms with Gasteiger partial charge in [-0.25, -0.2) is 4.39 Å². The summed E-state index contributed by atoms with van der Waals surface area (Å²) in [5.41, 5.74) is 3.95. The number of nitrogens with zero attached hydrogens (tertiary/aromatic N) is 1. The molecule has 0 atom stereocenters. The van der Waals surface area contributed by atoms with Crippen LogP contribution in [0.25, 0.3) is 10.9 Å². The van der Waals surface area contributed by atoms with Crippen molar-refractivity contribution in [3.63, 3.8) is 0 Å². The van der Waals surface area contributed by atoms with Gasteiger partial charge >= 0.3 is 0 Å². The van der Waals surface area contributed by atoms with E-state index in [2.05, 4.69) is 87.8 Å². The molecule has 0 aliphatic carbocycles. The second-order valence-corrected chi connectivity index (χ2v) is 14.8. The maximum Gasteiger partial charge on any atom is 0.169 e. The average molecular weight is 412 g/mol. The molecule has 0 unspecified atom stereocenters. The molecule has 0 fully saturated rings. The van der Waals surface area contributed by atoms with E-state index >= 15 is 0 Å². The van der Waals surface area contributed by atoms with Gasteiger partial charge in [-0.05, 0) is 62.4 Å². The van der Waals surface area contributed by atoms with Gasteiger partial charge in [0.25, 0.3) is 0 Å². The molecule has 2 aromatic rings. The van der Waals surface area contributed by atoms with Crippen LogP contribution in [0.1, 0.15) is 66.9 Å². The first-order valence-corrected chi connectivity index (χ1v) is 12.0. The van der Waals surface area contributed by atoms with Crippen LogP contribution in [-0.4, -0.2) is 12.5 Å². The summed E-state index contributed by atoms with van der Waals surface area (Å²) in [6.07, 6.45) is 2.27.